The molecule has 0 atom stereocenters. The first kappa shape index (κ1) is 94.1. The molecule has 8 aromatic heterocycles. The molecule has 12 aromatic carbocycles. The van der Waals surface area contributed by atoms with Crippen LogP contribution in [0.1, 0.15) is 174 Å². The summed E-state index contributed by atoms with van der Waals surface area (Å²) in [7, 11) is 17.2. The van der Waals surface area contributed by atoms with E-state index in [0.29, 0.717) is 35.5 Å². The summed E-state index contributed by atoms with van der Waals surface area (Å²) in [6.45, 7) is 36.6. The second-order valence-corrected chi connectivity index (χ2v) is 39.2. The lowest BCUT2D eigenvalue weighted by atomic mass is 9.91. The Morgan fingerprint density at radius 2 is 0.591 bits per heavy atom. The first-order chi connectivity index (χ1) is 66.0. The van der Waals surface area contributed by atoms with Crippen molar-refractivity contribution >= 4 is 54.4 Å². The molecule has 686 valence electrons. The van der Waals surface area contributed by atoms with Gasteiger partial charge in [0.1, 0.15) is 64.7 Å². The molecule has 0 radical (unpaired) electrons. The summed E-state index contributed by atoms with van der Waals surface area (Å²) in [5, 5.41) is 7.57. The van der Waals surface area contributed by atoms with Gasteiger partial charge in [-0.2, -0.15) is 22.8 Å². The maximum absolute atomic E-state index is 2.54. The van der Waals surface area contributed by atoms with Crippen LogP contribution in [-0.2, 0) is 56.4 Å². The molecule has 0 saturated carbocycles. The Morgan fingerprint density at radius 3 is 1.06 bits per heavy atom. The van der Waals surface area contributed by atoms with Crippen LogP contribution in [0, 0.1) is 27.7 Å². The standard InChI is InChI=1S/2C37H39N3.C33H37N3.C19H20N2/c1-24(2)29-16-12-17-30(25(3)4)36(29)40-34-21-11-10-20-33(34)39(7)37(40)32-19-13-18-31(26(32)5)35-22-27-14-8-9-15-28(27)23-38(35)6;1-24(2)28-16-12-17-29(25(3)4)36(28)40-34-21-11-10-20-33(34)39(7)37(40)31-19-13-18-30(26(31)5)35-32-15-9-8-14-27(32)22-23-38(35)6;1-22(2)26-14-10-15-27(23(3)4)32(26)36-21-20-35(7)33(36)29-17-11-16-28(24(29)5)31-30-13-9-8-12-25(30)18-19-34(31)6;1-15-9-4-5-10-16(15)17-12-8-13-19(21(17)3)18-11-6-7-14-20(18)2/h2*8-25H,1-7H3;8-23H,1-7H3;4-14H,1-3H3/q4*+2. The highest BCUT2D eigenvalue weighted by Gasteiger charge is 2.37. The van der Waals surface area contributed by atoms with Crippen LogP contribution in [0.3, 0.4) is 0 Å². The maximum atomic E-state index is 2.54. The first-order valence-electron chi connectivity index (χ1n) is 48.9. The number of para-hydroxylation sites is 7. The Balaban J connectivity index is 0.000000129. The van der Waals surface area contributed by atoms with E-state index in [1.165, 1.54) is 218 Å². The van der Waals surface area contributed by atoms with Gasteiger partial charge in [-0.05, 0) is 199 Å². The van der Waals surface area contributed by atoms with E-state index in [9.17, 15) is 0 Å². The van der Waals surface area contributed by atoms with E-state index in [0.717, 1.165) is 0 Å². The topological polar surface area (TPSA) is 45.8 Å². The van der Waals surface area contributed by atoms with Gasteiger partial charge >= 0.3 is 0 Å². The predicted octanol–water partition coefficient (Wildman–Crippen LogP) is 26.8. The van der Waals surface area contributed by atoms with E-state index < -0.39 is 0 Å². The number of benzene rings is 12. The second kappa shape index (κ2) is 39.7. The molecule has 137 heavy (non-hydrogen) atoms. The molecule has 0 N–H and O–H groups in total. The SMILES string of the molecule is Cc1c(-c2c3ccccc3cc[n+]2C)cccc1-c1n(-c2c(C(C)C)cccc2C(C)C)c2ccccc2[n+]1C.Cc1c(-c2c3ccccc3cc[n+]2C)cccc1-c1n(-c2c(C(C)C)cccc2C(C)C)cc[n+]1C.Cc1c(-c2cc3ccccc3c[n+]2C)cccc1-c1n(-c2c(C(C)C)cccc2C(C)C)c2ccccc2[n+]1C.Cc1ccccc1-c1cccc(-c2cccc[n+]2C)[n+]1C. The first-order valence-corrected chi connectivity index (χ1v) is 48.9. The van der Waals surface area contributed by atoms with Gasteiger partial charge in [-0.3, -0.25) is 0 Å². The Hall–Kier alpha value is -14.7. The molecule has 0 amide bonds. The molecule has 8 heterocycles. The molecule has 0 aliphatic carbocycles. The van der Waals surface area contributed by atoms with Crippen molar-refractivity contribution in [3.63, 3.8) is 0 Å². The molecule has 0 saturated heterocycles. The normalized spacial score (nSPS) is 11.6. The van der Waals surface area contributed by atoms with Gasteiger partial charge in [-0.15, -0.1) is 0 Å². The number of imidazole rings is 3. The van der Waals surface area contributed by atoms with Crippen molar-refractivity contribution in [3.05, 3.63) is 402 Å². The summed E-state index contributed by atoms with van der Waals surface area (Å²) in [4.78, 5) is 0. The van der Waals surface area contributed by atoms with Crippen LogP contribution in [0.25, 0.3) is 162 Å². The minimum absolute atomic E-state index is 0.398. The molecular weight excluding hydrogens is 1670 g/mol. The lowest BCUT2D eigenvalue weighted by molar-refractivity contribution is -0.685. The zero-order valence-corrected chi connectivity index (χ0v) is 84.8. The number of rotatable bonds is 17. The van der Waals surface area contributed by atoms with E-state index in [1.807, 2.05) is 0 Å². The third kappa shape index (κ3) is 17.8. The smallest absolute Gasteiger partial charge is 0.232 e. The fourth-order valence-electron chi connectivity index (χ4n) is 21.0. The van der Waals surface area contributed by atoms with E-state index in [2.05, 4.69) is 564 Å². The molecule has 0 aliphatic rings. The second-order valence-electron chi connectivity index (χ2n) is 39.2. The minimum Gasteiger partial charge on any atom is -0.232 e. The van der Waals surface area contributed by atoms with Crippen LogP contribution in [-0.4, -0.2) is 13.7 Å². The summed E-state index contributed by atoms with van der Waals surface area (Å²) in [6.07, 6.45) is 13.1. The largest absolute Gasteiger partial charge is 0.295 e. The van der Waals surface area contributed by atoms with E-state index in [4.69, 9.17) is 0 Å². The zero-order valence-electron chi connectivity index (χ0n) is 84.8. The predicted molar refractivity (Wildman–Crippen MR) is 568 cm³/mol. The van der Waals surface area contributed by atoms with Crippen LogP contribution in [0.2, 0.25) is 0 Å². The fraction of sp³-hybridized carbons (Fsp3) is 0.238. The molecule has 0 unspecified atom stereocenters. The Bertz CT molecular complexity index is 7810. The molecule has 0 fully saturated rings. The number of aromatic nitrogens is 11. The highest BCUT2D eigenvalue weighted by atomic mass is 15.2. The van der Waals surface area contributed by atoms with Crippen molar-refractivity contribution in [1.29, 1.82) is 0 Å². The third-order valence-corrected chi connectivity index (χ3v) is 28.3. The van der Waals surface area contributed by atoms with Crippen LogP contribution in [0.15, 0.2) is 347 Å². The maximum Gasteiger partial charge on any atom is 0.295 e. The van der Waals surface area contributed by atoms with Crippen molar-refractivity contribution in [2.45, 2.75) is 146 Å². The fourth-order valence-corrected chi connectivity index (χ4v) is 21.0. The number of nitrogens with zero attached hydrogens (tertiary/aromatic N) is 11. The Labute approximate surface area is 811 Å². The van der Waals surface area contributed by atoms with Crippen LogP contribution >= 0.6 is 0 Å². The molecular formula is C126H135N11+8. The average Bonchev–Trinajstić information content (AvgIpc) is 1.58. The van der Waals surface area contributed by atoms with Crippen LogP contribution in [0.4, 0.5) is 0 Å². The van der Waals surface area contributed by atoms with Crippen molar-refractivity contribution in [3.8, 4) is 108 Å². The van der Waals surface area contributed by atoms with Gasteiger partial charge in [0.05, 0.1) is 59.7 Å². The lowest BCUT2D eigenvalue weighted by Gasteiger charge is -2.19. The molecule has 20 aromatic rings. The quantitative estimate of drug-likeness (QED) is 0.0816. The van der Waals surface area contributed by atoms with Crippen molar-refractivity contribution in [2.75, 3.05) is 0 Å². The van der Waals surface area contributed by atoms with Gasteiger partial charge in [0.15, 0.2) is 46.9 Å². The van der Waals surface area contributed by atoms with Gasteiger partial charge in [0.2, 0.25) is 22.8 Å². The van der Waals surface area contributed by atoms with Gasteiger partial charge < -0.3 is 0 Å². The highest BCUT2D eigenvalue weighted by molar-refractivity contribution is 5.97. The average molecular weight is 1800 g/mol. The van der Waals surface area contributed by atoms with Crippen LogP contribution in [0.5, 0.6) is 0 Å². The molecule has 20 rings (SSSR count). The monoisotopic (exact) mass is 1800 g/mol. The summed E-state index contributed by atoms with van der Waals surface area (Å²) < 4.78 is 25.7. The van der Waals surface area contributed by atoms with Gasteiger partial charge in [-0.1, -0.05) is 253 Å². The molecule has 0 bridgehead atoms. The van der Waals surface area contributed by atoms with Gasteiger partial charge in [0.25, 0.3) is 28.9 Å². The summed E-state index contributed by atoms with van der Waals surface area (Å²) in [6, 6.07) is 112. The summed E-state index contributed by atoms with van der Waals surface area (Å²) in [5.74, 6) is 6.08. The van der Waals surface area contributed by atoms with Crippen molar-refractivity contribution in [1.82, 2.24) is 13.7 Å². The summed E-state index contributed by atoms with van der Waals surface area (Å²) in [5.41, 5.74) is 38.4. The third-order valence-electron chi connectivity index (χ3n) is 28.3. The molecule has 11 heteroatoms. The number of hydrogen-bond donors (Lipinski definition) is 0. The van der Waals surface area contributed by atoms with Crippen molar-refractivity contribution in [2.24, 2.45) is 56.4 Å². The van der Waals surface area contributed by atoms with Gasteiger partial charge in [-0.25, -0.2) is 27.4 Å². The van der Waals surface area contributed by atoms with Crippen LogP contribution < -0.4 is 36.5 Å². The number of pyridine rings is 5. The zero-order chi connectivity index (χ0) is 96.6. The molecule has 0 spiro atoms. The number of hydrogen-bond acceptors (Lipinski definition) is 0. The van der Waals surface area contributed by atoms with E-state index in [1.54, 1.807) is 0 Å². The number of fused-ring (bicyclic) bond motifs is 5. The lowest BCUT2D eigenvalue weighted by Crippen LogP contribution is -2.39. The van der Waals surface area contributed by atoms with E-state index >= 15 is 0 Å². The minimum atomic E-state index is 0.398. The molecule has 11 nitrogen and oxygen atoms in total. The Morgan fingerprint density at radius 1 is 0.234 bits per heavy atom. The Kier molecular flexibility index (Phi) is 27.3. The number of aryl methyl sites for hydroxylation is 8. The van der Waals surface area contributed by atoms with E-state index in [-0.39, 0.29) is 0 Å². The van der Waals surface area contributed by atoms with Crippen molar-refractivity contribution < 1.29 is 36.5 Å². The molecule has 0 aliphatic heterocycles. The van der Waals surface area contributed by atoms with Gasteiger partial charge in [0, 0.05) is 92.4 Å². The highest BCUT2D eigenvalue weighted by Crippen LogP contribution is 2.44. The summed E-state index contributed by atoms with van der Waals surface area (Å²) >= 11 is 0.